The van der Waals surface area contributed by atoms with Gasteiger partial charge in [-0.2, -0.15) is 0 Å². The number of rotatable bonds is 7. The van der Waals surface area contributed by atoms with E-state index >= 15 is 0 Å². The zero-order valence-corrected chi connectivity index (χ0v) is 13.4. The SMILES string of the molecule is CC(C)[C@H](N)C(=O)NCC(=O)N(Cc1cccs1)C1CC1. The van der Waals surface area contributed by atoms with E-state index in [4.69, 9.17) is 5.73 Å². The first-order chi connectivity index (χ1) is 9.99. The molecule has 2 rings (SSSR count). The average molecular weight is 309 g/mol. The molecule has 1 fully saturated rings. The second-order valence-electron chi connectivity index (χ2n) is 5.82. The zero-order valence-electron chi connectivity index (χ0n) is 12.5. The highest BCUT2D eigenvalue weighted by Gasteiger charge is 2.32. The molecule has 0 saturated heterocycles. The summed E-state index contributed by atoms with van der Waals surface area (Å²) >= 11 is 1.65. The molecule has 0 aliphatic heterocycles. The van der Waals surface area contributed by atoms with E-state index in [1.54, 1.807) is 11.3 Å². The number of carbonyl (C=O) groups is 2. The van der Waals surface area contributed by atoms with E-state index in [1.807, 2.05) is 36.3 Å². The average Bonchev–Trinajstić information content (AvgIpc) is 3.17. The van der Waals surface area contributed by atoms with Crippen LogP contribution < -0.4 is 11.1 Å². The van der Waals surface area contributed by atoms with Crippen LogP contribution in [0.2, 0.25) is 0 Å². The molecule has 1 aliphatic carbocycles. The first-order valence-electron chi connectivity index (χ1n) is 7.34. The molecule has 1 atom stereocenters. The van der Waals surface area contributed by atoms with Crippen molar-refractivity contribution in [3.05, 3.63) is 22.4 Å². The minimum Gasteiger partial charge on any atom is -0.346 e. The molecule has 2 amide bonds. The third kappa shape index (κ3) is 4.54. The van der Waals surface area contributed by atoms with Crippen LogP contribution in [0.1, 0.15) is 31.6 Å². The molecule has 1 aromatic rings. The van der Waals surface area contributed by atoms with Crippen LogP contribution in [0.5, 0.6) is 0 Å². The fraction of sp³-hybridized carbons (Fsp3) is 0.600. The largest absolute Gasteiger partial charge is 0.346 e. The molecule has 1 aromatic heterocycles. The molecule has 1 saturated carbocycles. The molecule has 0 spiro atoms. The molecule has 0 radical (unpaired) electrons. The lowest BCUT2D eigenvalue weighted by Gasteiger charge is -2.23. The van der Waals surface area contributed by atoms with Crippen LogP contribution in [0.3, 0.4) is 0 Å². The van der Waals surface area contributed by atoms with Gasteiger partial charge >= 0.3 is 0 Å². The van der Waals surface area contributed by atoms with E-state index in [-0.39, 0.29) is 24.3 Å². The summed E-state index contributed by atoms with van der Waals surface area (Å²) in [6, 6.07) is 3.78. The minimum absolute atomic E-state index is 0.0289. The molecule has 3 N–H and O–H groups in total. The number of amides is 2. The van der Waals surface area contributed by atoms with Crippen molar-refractivity contribution in [2.45, 2.75) is 45.3 Å². The Balaban J connectivity index is 1.86. The zero-order chi connectivity index (χ0) is 15.4. The monoisotopic (exact) mass is 309 g/mol. The lowest BCUT2D eigenvalue weighted by molar-refractivity contribution is -0.134. The van der Waals surface area contributed by atoms with Crippen LogP contribution in [0, 0.1) is 5.92 Å². The summed E-state index contributed by atoms with van der Waals surface area (Å²) in [5, 5.41) is 4.66. The maximum absolute atomic E-state index is 12.3. The number of carbonyl (C=O) groups excluding carboxylic acids is 2. The molecular weight excluding hydrogens is 286 g/mol. The van der Waals surface area contributed by atoms with E-state index in [2.05, 4.69) is 5.32 Å². The van der Waals surface area contributed by atoms with Gasteiger partial charge in [-0.05, 0) is 30.2 Å². The Kier molecular flexibility index (Phi) is 5.36. The number of nitrogens with one attached hydrogen (secondary N) is 1. The molecule has 1 aliphatic rings. The van der Waals surface area contributed by atoms with Crippen molar-refractivity contribution in [2.24, 2.45) is 11.7 Å². The van der Waals surface area contributed by atoms with Crippen LogP contribution in [0.15, 0.2) is 17.5 Å². The van der Waals surface area contributed by atoms with Crippen molar-refractivity contribution in [3.63, 3.8) is 0 Å². The van der Waals surface area contributed by atoms with Crippen molar-refractivity contribution < 1.29 is 9.59 Å². The number of hydrogen-bond acceptors (Lipinski definition) is 4. The van der Waals surface area contributed by atoms with Gasteiger partial charge in [0.2, 0.25) is 11.8 Å². The Hall–Kier alpha value is -1.40. The number of hydrogen-bond donors (Lipinski definition) is 2. The van der Waals surface area contributed by atoms with Gasteiger partial charge in [0.1, 0.15) is 0 Å². The number of nitrogens with two attached hydrogens (primary N) is 1. The van der Waals surface area contributed by atoms with Gasteiger partial charge in [0.05, 0.1) is 19.1 Å². The third-order valence-corrected chi connectivity index (χ3v) is 4.51. The Morgan fingerprint density at radius 2 is 2.19 bits per heavy atom. The highest BCUT2D eigenvalue weighted by Crippen LogP contribution is 2.29. The summed E-state index contributed by atoms with van der Waals surface area (Å²) in [4.78, 5) is 27.2. The second-order valence-corrected chi connectivity index (χ2v) is 6.85. The van der Waals surface area contributed by atoms with E-state index in [1.165, 1.54) is 4.88 Å². The van der Waals surface area contributed by atoms with E-state index in [0.29, 0.717) is 12.6 Å². The Morgan fingerprint density at radius 1 is 1.48 bits per heavy atom. The van der Waals surface area contributed by atoms with Crippen molar-refractivity contribution in [1.29, 1.82) is 0 Å². The molecular formula is C15H23N3O2S. The summed E-state index contributed by atoms with van der Waals surface area (Å²) in [6.45, 7) is 4.44. The molecule has 6 heteroatoms. The van der Waals surface area contributed by atoms with Crippen LogP contribution in [-0.2, 0) is 16.1 Å². The minimum atomic E-state index is -0.565. The first kappa shape index (κ1) is 16.0. The molecule has 21 heavy (non-hydrogen) atoms. The van der Waals surface area contributed by atoms with Crippen molar-refractivity contribution >= 4 is 23.2 Å². The summed E-state index contributed by atoms with van der Waals surface area (Å²) in [5.41, 5.74) is 5.77. The number of nitrogens with zero attached hydrogens (tertiary/aromatic N) is 1. The van der Waals surface area contributed by atoms with Crippen LogP contribution >= 0.6 is 11.3 Å². The van der Waals surface area contributed by atoms with Gasteiger partial charge in [0.15, 0.2) is 0 Å². The van der Waals surface area contributed by atoms with Gasteiger partial charge in [-0.25, -0.2) is 0 Å². The van der Waals surface area contributed by atoms with Gasteiger partial charge < -0.3 is 16.0 Å². The van der Waals surface area contributed by atoms with Gasteiger partial charge in [-0.15, -0.1) is 11.3 Å². The molecule has 116 valence electrons. The van der Waals surface area contributed by atoms with Gasteiger partial charge in [0.25, 0.3) is 0 Å². The van der Waals surface area contributed by atoms with Gasteiger partial charge in [-0.3, -0.25) is 9.59 Å². The summed E-state index contributed by atoms with van der Waals surface area (Å²) in [5.74, 6) is -0.230. The van der Waals surface area contributed by atoms with Gasteiger partial charge in [-0.1, -0.05) is 19.9 Å². The molecule has 1 heterocycles. The van der Waals surface area contributed by atoms with Crippen LogP contribution in [0.25, 0.3) is 0 Å². The van der Waals surface area contributed by atoms with E-state index in [0.717, 1.165) is 12.8 Å². The maximum atomic E-state index is 12.3. The maximum Gasteiger partial charge on any atom is 0.242 e. The Labute approximate surface area is 129 Å². The second kappa shape index (κ2) is 7.04. The summed E-state index contributed by atoms with van der Waals surface area (Å²) in [7, 11) is 0. The Bertz CT molecular complexity index is 483. The fourth-order valence-corrected chi connectivity index (χ4v) is 2.77. The highest BCUT2D eigenvalue weighted by molar-refractivity contribution is 7.09. The van der Waals surface area contributed by atoms with E-state index in [9.17, 15) is 9.59 Å². The standard InChI is InChI=1S/C15H23N3O2S/c1-10(2)14(16)15(20)17-8-13(19)18(11-5-6-11)9-12-4-3-7-21-12/h3-4,7,10-11,14H,5-6,8-9,16H2,1-2H3,(H,17,20)/t14-/m0/s1. The topological polar surface area (TPSA) is 75.4 Å². The van der Waals surface area contributed by atoms with Crippen molar-refractivity contribution in [1.82, 2.24) is 10.2 Å². The van der Waals surface area contributed by atoms with Crippen molar-refractivity contribution in [3.8, 4) is 0 Å². The smallest absolute Gasteiger partial charge is 0.242 e. The Morgan fingerprint density at radius 3 is 2.71 bits per heavy atom. The quantitative estimate of drug-likeness (QED) is 0.798. The number of thiophene rings is 1. The lowest BCUT2D eigenvalue weighted by atomic mass is 10.1. The molecule has 0 bridgehead atoms. The van der Waals surface area contributed by atoms with Crippen LogP contribution in [0.4, 0.5) is 0 Å². The first-order valence-corrected chi connectivity index (χ1v) is 8.22. The highest BCUT2D eigenvalue weighted by atomic mass is 32.1. The molecule has 0 unspecified atom stereocenters. The molecule has 5 nitrogen and oxygen atoms in total. The van der Waals surface area contributed by atoms with Crippen molar-refractivity contribution in [2.75, 3.05) is 6.54 Å². The summed E-state index contributed by atoms with van der Waals surface area (Å²) in [6.07, 6.45) is 2.10. The van der Waals surface area contributed by atoms with Crippen LogP contribution in [-0.4, -0.2) is 35.3 Å². The fourth-order valence-electron chi connectivity index (χ4n) is 2.06. The van der Waals surface area contributed by atoms with E-state index < -0.39 is 6.04 Å². The summed E-state index contributed by atoms with van der Waals surface area (Å²) < 4.78 is 0. The molecule has 0 aromatic carbocycles. The third-order valence-electron chi connectivity index (χ3n) is 3.65. The lowest BCUT2D eigenvalue weighted by Crippen LogP contribution is -2.48. The predicted molar refractivity (Wildman–Crippen MR) is 83.7 cm³/mol. The van der Waals surface area contributed by atoms with Gasteiger partial charge in [0, 0.05) is 10.9 Å². The predicted octanol–water partition coefficient (Wildman–Crippen LogP) is 1.34. The normalized spacial score (nSPS) is 15.8.